The Balaban J connectivity index is 2.07. The quantitative estimate of drug-likeness (QED) is 0.394. The summed E-state index contributed by atoms with van der Waals surface area (Å²) in [5, 5.41) is 8.90. The minimum Gasteiger partial charge on any atom is -0.312 e. The zero-order valence-corrected chi connectivity index (χ0v) is 15.2. The topological polar surface area (TPSA) is 88.0 Å². The molecule has 0 saturated heterocycles. The first-order valence-electron chi connectivity index (χ1n) is 8.53. The fraction of sp³-hybridized carbons (Fsp3) is 0.222. The van der Waals surface area contributed by atoms with Crippen molar-refractivity contribution in [3.05, 3.63) is 41.7 Å². The van der Waals surface area contributed by atoms with Gasteiger partial charge in [-0.15, -0.1) is 0 Å². The van der Waals surface area contributed by atoms with Crippen molar-refractivity contribution in [2.24, 2.45) is 0 Å². The second-order valence-corrected chi connectivity index (χ2v) is 6.72. The van der Waals surface area contributed by atoms with E-state index in [1.807, 2.05) is 0 Å². The van der Waals surface area contributed by atoms with Crippen LogP contribution in [-0.4, -0.2) is 31.0 Å². The molecule has 29 heavy (non-hydrogen) atoms. The third-order valence-corrected chi connectivity index (χ3v) is 4.55. The van der Waals surface area contributed by atoms with Crippen molar-refractivity contribution < 1.29 is 22.4 Å². The highest BCUT2D eigenvalue weighted by atomic mass is 19.4. The lowest BCUT2D eigenvalue weighted by molar-refractivity contribution is -0.139. The standard InChI is InChI=1S/C18H14F4N6O/c1-8(2)13-16(19)15(18(20,21)22)14(9-3-25-27-17(9)13)10-5-28-6-11(24-7-29)26-12(28)4-23-10/h3-8H,1-2H3,(H,24,29)(H,25,27). The molecule has 0 atom stereocenters. The summed E-state index contributed by atoms with van der Waals surface area (Å²) in [6, 6.07) is 0. The molecule has 0 radical (unpaired) electrons. The third kappa shape index (κ3) is 2.98. The number of carbonyl (C=O) groups is 1. The van der Waals surface area contributed by atoms with E-state index in [0.717, 1.165) is 0 Å². The van der Waals surface area contributed by atoms with Crippen molar-refractivity contribution in [3.8, 4) is 11.3 Å². The van der Waals surface area contributed by atoms with Crippen LogP contribution in [0.3, 0.4) is 0 Å². The Morgan fingerprint density at radius 1 is 1.24 bits per heavy atom. The van der Waals surface area contributed by atoms with Crippen molar-refractivity contribution >= 4 is 28.8 Å². The smallest absolute Gasteiger partial charge is 0.312 e. The maximum Gasteiger partial charge on any atom is 0.419 e. The second-order valence-electron chi connectivity index (χ2n) is 6.72. The number of anilines is 1. The number of aromatic nitrogens is 5. The summed E-state index contributed by atoms with van der Waals surface area (Å²) >= 11 is 0. The number of carbonyl (C=O) groups excluding carboxylic acids is 1. The number of rotatable bonds is 4. The summed E-state index contributed by atoms with van der Waals surface area (Å²) in [5.74, 6) is -1.66. The molecule has 2 N–H and O–H groups in total. The number of alkyl halides is 3. The van der Waals surface area contributed by atoms with Gasteiger partial charge in [-0.05, 0) is 5.92 Å². The molecule has 0 unspecified atom stereocenters. The Labute approximate surface area is 160 Å². The van der Waals surface area contributed by atoms with E-state index in [0.29, 0.717) is 12.1 Å². The van der Waals surface area contributed by atoms with Crippen molar-refractivity contribution in [2.75, 3.05) is 5.32 Å². The Hall–Kier alpha value is -3.50. The molecule has 0 spiro atoms. The molecule has 0 bridgehead atoms. The summed E-state index contributed by atoms with van der Waals surface area (Å²) in [7, 11) is 0. The van der Waals surface area contributed by atoms with Crippen LogP contribution in [0.5, 0.6) is 0 Å². The maximum atomic E-state index is 15.1. The van der Waals surface area contributed by atoms with Crippen LogP contribution < -0.4 is 5.32 Å². The zero-order valence-electron chi connectivity index (χ0n) is 15.2. The van der Waals surface area contributed by atoms with Gasteiger partial charge in [0, 0.05) is 22.7 Å². The van der Waals surface area contributed by atoms with Crippen LogP contribution in [0.1, 0.15) is 30.9 Å². The lowest BCUT2D eigenvalue weighted by Gasteiger charge is -2.19. The molecule has 0 aliphatic rings. The number of aromatic amines is 1. The van der Waals surface area contributed by atoms with E-state index in [1.165, 1.54) is 29.2 Å². The molecule has 7 nitrogen and oxygen atoms in total. The molecule has 4 rings (SSSR count). The van der Waals surface area contributed by atoms with Crippen molar-refractivity contribution in [2.45, 2.75) is 25.9 Å². The van der Waals surface area contributed by atoms with E-state index >= 15 is 4.39 Å². The van der Waals surface area contributed by atoms with Gasteiger partial charge >= 0.3 is 6.18 Å². The van der Waals surface area contributed by atoms with Crippen LogP contribution in [0, 0.1) is 5.82 Å². The van der Waals surface area contributed by atoms with E-state index in [1.54, 1.807) is 13.8 Å². The molecule has 0 aliphatic carbocycles. The Kier molecular flexibility index (Phi) is 4.25. The van der Waals surface area contributed by atoms with Gasteiger partial charge in [0.25, 0.3) is 0 Å². The predicted molar refractivity (Wildman–Crippen MR) is 96.8 cm³/mol. The molecule has 0 fully saturated rings. The van der Waals surface area contributed by atoms with Crippen LogP contribution in [-0.2, 0) is 11.0 Å². The molecule has 1 aromatic carbocycles. The lowest BCUT2D eigenvalue weighted by atomic mass is 9.91. The van der Waals surface area contributed by atoms with Gasteiger partial charge in [-0.1, -0.05) is 13.8 Å². The molecule has 0 saturated carbocycles. The number of H-pyrrole nitrogens is 1. The van der Waals surface area contributed by atoms with Gasteiger partial charge in [0.2, 0.25) is 6.41 Å². The van der Waals surface area contributed by atoms with Crippen LogP contribution >= 0.6 is 0 Å². The number of fused-ring (bicyclic) bond motifs is 2. The van der Waals surface area contributed by atoms with Gasteiger partial charge in [-0.3, -0.25) is 14.9 Å². The average molecular weight is 406 g/mol. The minimum absolute atomic E-state index is 0.0882. The second kappa shape index (κ2) is 6.54. The van der Waals surface area contributed by atoms with Crippen molar-refractivity contribution in [1.82, 2.24) is 24.6 Å². The molecule has 4 aromatic rings. The summed E-state index contributed by atoms with van der Waals surface area (Å²) in [6.45, 7) is 3.21. The summed E-state index contributed by atoms with van der Waals surface area (Å²) < 4.78 is 58.3. The highest BCUT2D eigenvalue weighted by Gasteiger charge is 2.41. The van der Waals surface area contributed by atoms with Crippen LogP contribution in [0.2, 0.25) is 0 Å². The molecule has 0 aliphatic heterocycles. The van der Waals surface area contributed by atoms with Gasteiger partial charge in [0.05, 0.1) is 29.8 Å². The molecule has 1 amide bonds. The van der Waals surface area contributed by atoms with E-state index in [9.17, 15) is 18.0 Å². The first-order chi connectivity index (χ1) is 13.7. The van der Waals surface area contributed by atoms with Gasteiger partial charge in [-0.25, -0.2) is 9.37 Å². The van der Waals surface area contributed by atoms with E-state index < -0.39 is 29.0 Å². The largest absolute Gasteiger partial charge is 0.419 e. The molecule has 3 aromatic heterocycles. The van der Waals surface area contributed by atoms with Gasteiger partial charge in [0.15, 0.2) is 11.5 Å². The number of imidazole rings is 1. The number of nitrogens with zero attached hydrogens (tertiary/aromatic N) is 4. The molecule has 11 heteroatoms. The average Bonchev–Trinajstić information content (AvgIpc) is 3.24. The Morgan fingerprint density at radius 2 is 2.00 bits per heavy atom. The summed E-state index contributed by atoms with van der Waals surface area (Å²) in [4.78, 5) is 18.7. The first kappa shape index (κ1) is 18.8. The minimum atomic E-state index is -4.95. The molecular formula is C18H14F4N6O. The number of nitrogens with one attached hydrogen (secondary N) is 2. The number of hydrogen-bond donors (Lipinski definition) is 2. The molecule has 3 heterocycles. The van der Waals surface area contributed by atoms with E-state index in [4.69, 9.17) is 0 Å². The number of halogens is 4. The van der Waals surface area contributed by atoms with E-state index in [2.05, 4.69) is 25.5 Å². The first-order valence-corrected chi connectivity index (χ1v) is 8.53. The maximum absolute atomic E-state index is 15.1. The van der Waals surface area contributed by atoms with Crippen molar-refractivity contribution in [3.63, 3.8) is 0 Å². The number of amides is 1. The number of hydrogen-bond acceptors (Lipinski definition) is 4. The lowest BCUT2D eigenvalue weighted by Crippen LogP contribution is -2.14. The summed E-state index contributed by atoms with van der Waals surface area (Å²) in [5.41, 5.74) is -1.52. The normalized spacial score (nSPS) is 12.2. The highest BCUT2D eigenvalue weighted by molar-refractivity contribution is 5.98. The van der Waals surface area contributed by atoms with Gasteiger partial charge < -0.3 is 9.72 Å². The van der Waals surface area contributed by atoms with Crippen LogP contribution in [0.4, 0.5) is 23.4 Å². The van der Waals surface area contributed by atoms with Gasteiger partial charge in [-0.2, -0.15) is 18.3 Å². The third-order valence-electron chi connectivity index (χ3n) is 4.55. The van der Waals surface area contributed by atoms with Crippen LogP contribution in [0.25, 0.3) is 27.8 Å². The van der Waals surface area contributed by atoms with E-state index in [-0.39, 0.29) is 28.0 Å². The Bertz CT molecular complexity index is 1240. The fourth-order valence-corrected chi connectivity index (χ4v) is 3.40. The molecule has 150 valence electrons. The highest BCUT2D eigenvalue weighted by Crippen LogP contribution is 2.45. The van der Waals surface area contributed by atoms with Crippen LogP contribution in [0.15, 0.2) is 24.8 Å². The SMILES string of the molecule is CC(C)c1c(F)c(C(F)(F)F)c(-c2cn3cc(NC=O)nc3cn2)c2cn[nH]c12. The summed E-state index contributed by atoms with van der Waals surface area (Å²) in [6.07, 6.45) is 0.644. The Morgan fingerprint density at radius 3 is 2.66 bits per heavy atom. The zero-order chi connectivity index (χ0) is 20.9. The predicted octanol–water partition coefficient (Wildman–Crippen LogP) is 4.12. The monoisotopic (exact) mass is 406 g/mol. The van der Waals surface area contributed by atoms with Gasteiger partial charge in [0.1, 0.15) is 11.4 Å². The molecular weight excluding hydrogens is 392 g/mol. The fourth-order valence-electron chi connectivity index (χ4n) is 3.40. The van der Waals surface area contributed by atoms with Crippen molar-refractivity contribution in [1.29, 1.82) is 0 Å². The number of benzene rings is 1.